The molecule has 120 heavy (non-hydrogen) atoms. The first-order chi connectivity index (χ1) is 57.8. The van der Waals surface area contributed by atoms with E-state index in [0.717, 1.165) is 60.3 Å². The Morgan fingerprint density at radius 2 is 0.800 bits per heavy atom. The number of carbonyl (C=O) groups is 3. The average molecular weight is 1690 g/mol. The quantitative estimate of drug-likeness (QED) is 0.0390. The van der Waals surface area contributed by atoms with E-state index in [2.05, 4.69) is 39.1 Å². The van der Waals surface area contributed by atoms with Crippen LogP contribution in [0.4, 0.5) is 13.2 Å². The van der Waals surface area contributed by atoms with Crippen LogP contribution in [0.2, 0.25) is 0 Å². The highest BCUT2D eigenvalue weighted by atomic mass is 79.9. The topological polar surface area (TPSA) is 265 Å². The molecule has 9 aromatic carbocycles. The van der Waals surface area contributed by atoms with Crippen molar-refractivity contribution in [1.82, 2.24) is 4.98 Å². The summed E-state index contributed by atoms with van der Waals surface area (Å²) in [6, 6.07) is 51.8. The smallest absolute Gasteiger partial charge is 0.492 e. The van der Waals surface area contributed by atoms with Crippen LogP contribution in [0, 0.1) is 65.3 Å². The van der Waals surface area contributed by atoms with Crippen LogP contribution in [0.3, 0.4) is 0 Å². The fourth-order valence-corrected chi connectivity index (χ4v) is 16.5. The molecule has 1 aromatic heterocycles. The first kappa shape index (κ1) is 82.6. The van der Waals surface area contributed by atoms with Gasteiger partial charge in [0.2, 0.25) is 0 Å². The normalized spacial score (nSPS) is 18.5. The van der Waals surface area contributed by atoms with Crippen LogP contribution < -0.4 is 48.1 Å². The molecular formula is C94H83BBrF3N4O17. The number of fused-ring (bicyclic) bond motifs is 6. The molecule has 4 aliphatic heterocycles. The van der Waals surface area contributed by atoms with E-state index in [0.29, 0.717) is 166 Å². The first-order valence-electron chi connectivity index (χ1n) is 39.4. The lowest BCUT2D eigenvalue weighted by Crippen LogP contribution is -2.41. The van der Waals surface area contributed by atoms with Gasteiger partial charge in [0.15, 0.2) is 0 Å². The number of aryl methyl sites for hydroxylation is 2. The Bertz CT molecular complexity index is 5810. The minimum absolute atomic E-state index is 0.0623. The number of carbonyl (C=O) groups excluding carboxylic acids is 3. The summed E-state index contributed by atoms with van der Waals surface area (Å²) in [6.07, 6.45) is 2.61. The van der Waals surface area contributed by atoms with Crippen molar-refractivity contribution in [2.45, 2.75) is 147 Å². The van der Waals surface area contributed by atoms with Gasteiger partial charge in [0.05, 0.1) is 88.3 Å². The summed E-state index contributed by atoms with van der Waals surface area (Å²) in [7, 11) is 3.50. The summed E-state index contributed by atoms with van der Waals surface area (Å²) >= 11 is 3.35. The molecule has 3 aliphatic carbocycles. The van der Waals surface area contributed by atoms with Gasteiger partial charge in [0, 0.05) is 102 Å². The lowest BCUT2D eigenvalue weighted by molar-refractivity contribution is -0.142. The van der Waals surface area contributed by atoms with Gasteiger partial charge in [-0.1, -0.05) is 46.3 Å². The molecular weight excluding hydrogens is 1600 g/mol. The minimum atomic E-state index is -0.609. The molecule has 1 fully saturated rings. The summed E-state index contributed by atoms with van der Waals surface area (Å²) in [5.41, 5.74) is 10.7. The second-order valence-corrected chi connectivity index (χ2v) is 32.1. The van der Waals surface area contributed by atoms with Crippen LogP contribution >= 0.6 is 15.9 Å². The van der Waals surface area contributed by atoms with Crippen molar-refractivity contribution in [1.29, 1.82) is 15.8 Å². The summed E-state index contributed by atoms with van der Waals surface area (Å²) in [5, 5.41) is 29.3. The third kappa shape index (κ3) is 17.4. The fourth-order valence-electron chi connectivity index (χ4n) is 16.2. The molecule has 21 nitrogen and oxygen atoms in total. The Morgan fingerprint density at radius 1 is 0.450 bits per heavy atom. The van der Waals surface area contributed by atoms with E-state index >= 15 is 8.78 Å². The van der Waals surface area contributed by atoms with E-state index in [1.54, 1.807) is 78.9 Å². The Balaban J connectivity index is 0.000000141. The molecule has 0 bridgehead atoms. The summed E-state index contributed by atoms with van der Waals surface area (Å²) in [5.74, 6) is 4.10. The van der Waals surface area contributed by atoms with Crippen LogP contribution in [-0.4, -0.2) is 82.4 Å². The largest absolute Gasteiger partial charge is 0.494 e. The number of aromatic nitrogens is 1. The number of esters is 3. The van der Waals surface area contributed by atoms with Crippen LogP contribution in [0.1, 0.15) is 180 Å². The molecule has 0 spiro atoms. The molecule has 26 heteroatoms. The number of hydrogen-bond donors (Lipinski definition) is 0. The second kappa shape index (κ2) is 34.8. The maximum Gasteiger partial charge on any atom is 0.494 e. The molecule has 6 atom stereocenters. The van der Waals surface area contributed by atoms with Crippen LogP contribution in [0.5, 0.6) is 69.0 Å². The predicted octanol–water partition coefficient (Wildman–Crippen LogP) is 19.5. The maximum atomic E-state index is 15.2. The molecule has 612 valence electrons. The summed E-state index contributed by atoms with van der Waals surface area (Å²) < 4.78 is 127. The molecule has 0 amide bonds. The Labute approximate surface area is 700 Å². The molecule has 0 saturated carbocycles. The molecule has 0 N–H and O–H groups in total. The van der Waals surface area contributed by atoms with E-state index in [4.69, 9.17) is 66.2 Å². The monoisotopic (exact) mass is 1690 g/mol. The van der Waals surface area contributed by atoms with Gasteiger partial charge in [-0.3, -0.25) is 19.4 Å². The Kier molecular flexibility index (Phi) is 23.9. The number of hydrogen-bond acceptors (Lipinski definition) is 21. The number of nitriles is 3. The van der Waals surface area contributed by atoms with E-state index in [-0.39, 0.29) is 72.4 Å². The third-order valence-corrected chi connectivity index (χ3v) is 23.4. The van der Waals surface area contributed by atoms with E-state index in [1.165, 1.54) is 39.5 Å². The zero-order chi connectivity index (χ0) is 84.4. The number of ether oxygens (including phenoxy) is 12. The number of rotatable bonds is 20. The molecule has 0 unspecified atom stereocenters. The van der Waals surface area contributed by atoms with Gasteiger partial charge >= 0.3 is 25.0 Å². The van der Waals surface area contributed by atoms with Crippen molar-refractivity contribution in [3.05, 3.63) is 258 Å². The SMILES string of the molecule is COC(=O)C[C@@H]1COc2cc(O[C@@H]3CCc4c(Oc5ccc(-c6cc(C)nc(C)c6)cc5C#N)ccc(F)c43)ccc21.COC(=O)C[C@@H]1COc2cc(O[C@@H]3CCc4c(Oc5ccc(B6OC(C)(C)C(C)(C)O6)cc5C#N)ccc(F)c43)ccc21.COC(=O)C[C@@H]1COc2cc(O[C@@H]3CCc4c(Oc5ccc(Br)cc5C#N)ccc(F)c43)ccc21. The molecule has 5 heterocycles. The van der Waals surface area contributed by atoms with Gasteiger partial charge in [0.25, 0.3) is 0 Å². The van der Waals surface area contributed by atoms with Gasteiger partial charge in [-0.25, -0.2) is 13.2 Å². The molecule has 1 saturated heterocycles. The predicted molar refractivity (Wildman–Crippen MR) is 438 cm³/mol. The fraction of sp³-hybridized carbons (Fsp3) is 0.309. The minimum Gasteiger partial charge on any atom is -0.492 e. The maximum absolute atomic E-state index is 15.2. The second-order valence-electron chi connectivity index (χ2n) is 31.2. The van der Waals surface area contributed by atoms with E-state index in [9.17, 15) is 34.6 Å². The average Bonchev–Trinajstić information content (AvgIpc) is 1.62. The number of nitrogens with zero attached hydrogens (tertiary/aromatic N) is 4. The van der Waals surface area contributed by atoms with Gasteiger partial charge in [-0.2, -0.15) is 15.8 Å². The van der Waals surface area contributed by atoms with Crippen molar-refractivity contribution in [3.63, 3.8) is 0 Å². The van der Waals surface area contributed by atoms with Crippen LogP contribution in [0.25, 0.3) is 11.1 Å². The molecule has 10 aromatic rings. The van der Waals surface area contributed by atoms with Gasteiger partial charge in [-0.05, 0) is 206 Å². The lowest BCUT2D eigenvalue weighted by Gasteiger charge is -2.32. The van der Waals surface area contributed by atoms with Crippen LogP contribution in [0.15, 0.2) is 162 Å². The highest BCUT2D eigenvalue weighted by Gasteiger charge is 2.52. The number of pyridine rings is 1. The lowest BCUT2D eigenvalue weighted by atomic mass is 9.78. The third-order valence-electron chi connectivity index (χ3n) is 23.0. The number of benzene rings is 9. The van der Waals surface area contributed by atoms with Gasteiger partial charge in [-0.15, -0.1) is 0 Å². The number of halogens is 4. The van der Waals surface area contributed by atoms with Crippen molar-refractivity contribution in [2.24, 2.45) is 0 Å². The number of methoxy groups -OCH3 is 3. The Hall–Kier alpha value is -12.5. The Morgan fingerprint density at radius 3 is 1.18 bits per heavy atom. The van der Waals surface area contributed by atoms with Gasteiger partial charge in [0.1, 0.15) is 123 Å². The highest BCUT2D eigenvalue weighted by molar-refractivity contribution is 9.10. The highest BCUT2D eigenvalue weighted by Crippen LogP contribution is 2.50. The summed E-state index contributed by atoms with van der Waals surface area (Å²) in [6.45, 7) is 13.0. The van der Waals surface area contributed by atoms with Crippen LogP contribution in [-0.2, 0) is 57.2 Å². The molecule has 0 radical (unpaired) electrons. The molecule has 7 aliphatic rings. The van der Waals surface area contributed by atoms with E-state index < -0.39 is 36.6 Å². The zero-order valence-electron chi connectivity index (χ0n) is 67.3. The van der Waals surface area contributed by atoms with Crippen molar-refractivity contribution in [2.75, 3.05) is 41.2 Å². The van der Waals surface area contributed by atoms with Gasteiger partial charge < -0.3 is 66.2 Å². The van der Waals surface area contributed by atoms with Crippen molar-refractivity contribution < 1.29 is 93.7 Å². The van der Waals surface area contributed by atoms with E-state index in [1.807, 2.05) is 102 Å². The van der Waals surface area contributed by atoms with Crippen molar-refractivity contribution >= 4 is 46.4 Å². The molecule has 17 rings (SSSR count). The standard InChI is InChI=1S/C34H29FN2O5.C33H33BFNO7.C27H21BrFNO5/c1-19-12-22(13-20(2)37-19)21-4-9-29(23(14-21)17-36)42-30-11-8-28(35)34-27(30)7-10-31(34)41-25-5-6-26-24(15-33(38)39-3)18-40-32(26)16-25;1-32(2)33(3,4)43-34(42-32)21-6-11-26(19(14-21)17-36)41-27-13-10-25(35)31-24(27)9-12-28(31)40-22-7-8-23-20(15-30(37)38-5)18-39-29(23)16-22;1-32-26(31)11-16-14-33-25-12-18(3-4-19(16)25)34-24-8-5-20-23(9-6-21(29)27(20)24)35-22-7-2-17(28)10-15(22)13-30/h4-6,8-9,11-14,16,24,31H,7,10,15,18H2,1-3H3;6-8,10-11,13-14,16,20,28H,9,12,15,18H2,1-5H3;2-4,6-7,9-10,12,16,24H,5,8,11,14H2,1H3/t24-,31-;20-,28-;16-,24-/m111/s1. The summed E-state index contributed by atoms with van der Waals surface area (Å²) in [4.78, 5) is 39.5. The first-order valence-corrected chi connectivity index (χ1v) is 40.1. The zero-order valence-corrected chi connectivity index (χ0v) is 68.9. The van der Waals surface area contributed by atoms with Crippen molar-refractivity contribution in [3.8, 4) is 98.3 Å².